The van der Waals surface area contributed by atoms with Crippen molar-refractivity contribution >= 4 is 11.9 Å². The van der Waals surface area contributed by atoms with E-state index in [9.17, 15) is 5.11 Å². The first kappa shape index (κ1) is 14.3. The van der Waals surface area contributed by atoms with Gasteiger partial charge in [-0.15, -0.1) is 0 Å². The number of rotatable bonds is 2. The van der Waals surface area contributed by atoms with Crippen molar-refractivity contribution in [1.82, 2.24) is 4.98 Å². The topological polar surface area (TPSA) is 45.5 Å². The van der Waals surface area contributed by atoms with E-state index in [2.05, 4.69) is 30.7 Å². The molecule has 3 heteroatoms. The lowest BCUT2D eigenvalue weighted by molar-refractivity contribution is 0.446. The van der Waals surface area contributed by atoms with Crippen molar-refractivity contribution in [3.8, 4) is 5.75 Å². The maximum atomic E-state index is 10.1. The van der Waals surface area contributed by atoms with Gasteiger partial charge in [-0.1, -0.05) is 26.8 Å². The summed E-state index contributed by atoms with van der Waals surface area (Å²) in [5, 5.41) is 10.1. The van der Waals surface area contributed by atoms with Gasteiger partial charge in [-0.3, -0.25) is 9.98 Å². The molecule has 0 spiro atoms. The number of phenolic OH excluding ortho intramolecular Hbond substituents is 1. The van der Waals surface area contributed by atoms with E-state index in [0.29, 0.717) is 5.75 Å². The summed E-state index contributed by atoms with van der Waals surface area (Å²) in [5.41, 5.74) is 3.40. The van der Waals surface area contributed by atoms with Gasteiger partial charge in [-0.25, -0.2) is 0 Å². The van der Waals surface area contributed by atoms with Crippen molar-refractivity contribution in [1.29, 1.82) is 0 Å². The molecule has 104 valence electrons. The Labute approximate surface area is 120 Å². The zero-order valence-electron chi connectivity index (χ0n) is 12.4. The van der Waals surface area contributed by atoms with Crippen LogP contribution in [0, 0.1) is 6.92 Å². The highest BCUT2D eigenvalue weighted by Gasteiger charge is 2.19. The Morgan fingerprint density at radius 1 is 1.20 bits per heavy atom. The standard InChI is InChI=1S/C17H20N2O/c1-12-9-16(20)14(17(2,3)4)10-15(12)19-11-13-7-5-6-8-18-13/h5-11,20H,1-4H3. The summed E-state index contributed by atoms with van der Waals surface area (Å²) in [5.74, 6) is 0.326. The van der Waals surface area contributed by atoms with Crippen LogP contribution in [0.15, 0.2) is 41.5 Å². The highest BCUT2D eigenvalue weighted by atomic mass is 16.3. The largest absolute Gasteiger partial charge is 0.508 e. The molecular weight excluding hydrogens is 248 g/mol. The number of nitrogens with zero attached hydrogens (tertiary/aromatic N) is 2. The van der Waals surface area contributed by atoms with Crippen molar-refractivity contribution in [2.45, 2.75) is 33.1 Å². The third kappa shape index (κ3) is 3.23. The van der Waals surface area contributed by atoms with Gasteiger partial charge in [0.25, 0.3) is 0 Å². The van der Waals surface area contributed by atoms with Crippen molar-refractivity contribution in [3.63, 3.8) is 0 Å². The molecule has 2 rings (SSSR count). The quantitative estimate of drug-likeness (QED) is 0.832. The molecule has 0 aliphatic carbocycles. The van der Waals surface area contributed by atoms with Crippen LogP contribution < -0.4 is 0 Å². The average molecular weight is 268 g/mol. The lowest BCUT2D eigenvalue weighted by Crippen LogP contribution is -2.11. The fourth-order valence-corrected chi connectivity index (χ4v) is 2.01. The van der Waals surface area contributed by atoms with Gasteiger partial charge in [0, 0.05) is 11.8 Å². The van der Waals surface area contributed by atoms with Gasteiger partial charge in [0.05, 0.1) is 17.6 Å². The predicted octanol–water partition coefficient (Wildman–Crippen LogP) is 4.14. The van der Waals surface area contributed by atoms with Gasteiger partial charge >= 0.3 is 0 Å². The molecule has 0 radical (unpaired) electrons. The molecule has 0 fully saturated rings. The molecule has 0 aliphatic heterocycles. The van der Waals surface area contributed by atoms with E-state index in [4.69, 9.17) is 0 Å². The second-order valence-electron chi connectivity index (χ2n) is 5.92. The van der Waals surface area contributed by atoms with Gasteiger partial charge in [0.2, 0.25) is 0 Å². The number of phenols is 1. The first-order valence-electron chi connectivity index (χ1n) is 6.67. The number of benzene rings is 1. The van der Waals surface area contributed by atoms with Gasteiger partial charge in [0.1, 0.15) is 5.75 Å². The Kier molecular flexibility index (Phi) is 3.89. The molecule has 0 unspecified atom stereocenters. The summed E-state index contributed by atoms with van der Waals surface area (Å²) in [4.78, 5) is 8.71. The van der Waals surface area contributed by atoms with Crippen LogP contribution in [-0.4, -0.2) is 16.3 Å². The molecule has 0 amide bonds. The van der Waals surface area contributed by atoms with Crippen molar-refractivity contribution in [3.05, 3.63) is 53.3 Å². The summed E-state index contributed by atoms with van der Waals surface area (Å²) in [7, 11) is 0. The number of hydrogen-bond acceptors (Lipinski definition) is 3. The summed E-state index contributed by atoms with van der Waals surface area (Å²) in [6.45, 7) is 8.16. The van der Waals surface area contributed by atoms with Crippen LogP contribution in [0.5, 0.6) is 5.75 Å². The molecule has 0 saturated heterocycles. The van der Waals surface area contributed by atoms with Crippen molar-refractivity contribution in [2.24, 2.45) is 4.99 Å². The van der Waals surface area contributed by atoms with E-state index < -0.39 is 0 Å². The fraction of sp³-hybridized carbons (Fsp3) is 0.294. The molecule has 1 heterocycles. The zero-order valence-corrected chi connectivity index (χ0v) is 12.4. The molecule has 0 saturated carbocycles. The van der Waals surface area contributed by atoms with E-state index in [1.807, 2.05) is 31.2 Å². The first-order chi connectivity index (χ1) is 9.38. The minimum atomic E-state index is -0.118. The predicted molar refractivity (Wildman–Crippen MR) is 83.0 cm³/mol. The smallest absolute Gasteiger partial charge is 0.119 e. The highest BCUT2D eigenvalue weighted by molar-refractivity contribution is 5.80. The lowest BCUT2D eigenvalue weighted by atomic mass is 9.85. The Bertz CT molecular complexity index is 625. The van der Waals surface area contributed by atoms with Crippen LogP contribution in [0.1, 0.15) is 37.6 Å². The Morgan fingerprint density at radius 2 is 1.95 bits per heavy atom. The number of pyridine rings is 1. The van der Waals surface area contributed by atoms with Gasteiger partial charge in [-0.2, -0.15) is 0 Å². The molecule has 0 bridgehead atoms. The number of aromatic hydroxyl groups is 1. The van der Waals surface area contributed by atoms with Crippen molar-refractivity contribution < 1.29 is 5.11 Å². The van der Waals surface area contributed by atoms with Crippen LogP contribution in [-0.2, 0) is 5.41 Å². The van der Waals surface area contributed by atoms with Crippen LogP contribution in [0.4, 0.5) is 5.69 Å². The summed E-state index contributed by atoms with van der Waals surface area (Å²) in [6, 6.07) is 9.43. The molecule has 0 aliphatic rings. The zero-order chi connectivity index (χ0) is 14.8. The molecule has 0 atom stereocenters. The average Bonchev–Trinajstić information content (AvgIpc) is 2.37. The fourth-order valence-electron chi connectivity index (χ4n) is 2.01. The van der Waals surface area contributed by atoms with Crippen LogP contribution >= 0.6 is 0 Å². The molecule has 1 aromatic heterocycles. The Hall–Kier alpha value is -2.16. The highest BCUT2D eigenvalue weighted by Crippen LogP contribution is 2.35. The van der Waals surface area contributed by atoms with E-state index in [-0.39, 0.29) is 5.41 Å². The monoisotopic (exact) mass is 268 g/mol. The summed E-state index contributed by atoms with van der Waals surface area (Å²) >= 11 is 0. The second-order valence-corrected chi connectivity index (χ2v) is 5.92. The third-order valence-electron chi connectivity index (χ3n) is 3.15. The number of aryl methyl sites for hydroxylation is 1. The van der Waals surface area contributed by atoms with E-state index in [1.54, 1.807) is 18.5 Å². The maximum absolute atomic E-state index is 10.1. The minimum absolute atomic E-state index is 0.118. The molecule has 2 aromatic rings. The van der Waals surface area contributed by atoms with E-state index >= 15 is 0 Å². The van der Waals surface area contributed by atoms with Crippen LogP contribution in [0.3, 0.4) is 0 Å². The van der Waals surface area contributed by atoms with Crippen LogP contribution in [0.2, 0.25) is 0 Å². The summed E-state index contributed by atoms with van der Waals surface area (Å²) in [6.07, 6.45) is 3.48. The molecule has 1 aromatic carbocycles. The molecule has 1 N–H and O–H groups in total. The third-order valence-corrected chi connectivity index (χ3v) is 3.15. The summed E-state index contributed by atoms with van der Waals surface area (Å²) < 4.78 is 0. The first-order valence-corrected chi connectivity index (χ1v) is 6.67. The van der Waals surface area contributed by atoms with Gasteiger partial charge in [0.15, 0.2) is 0 Å². The second kappa shape index (κ2) is 5.45. The maximum Gasteiger partial charge on any atom is 0.119 e. The minimum Gasteiger partial charge on any atom is -0.508 e. The molecule has 20 heavy (non-hydrogen) atoms. The SMILES string of the molecule is Cc1cc(O)c(C(C)(C)C)cc1N=Cc1ccccn1. The Morgan fingerprint density at radius 3 is 2.55 bits per heavy atom. The van der Waals surface area contributed by atoms with Gasteiger partial charge < -0.3 is 5.11 Å². The number of aromatic nitrogens is 1. The van der Waals surface area contributed by atoms with Crippen molar-refractivity contribution in [2.75, 3.05) is 0 Å². The molecular formula is C17H20N2O. The van der Waals surface area contributed by atoms with Gasteiger partial charge in [-0.05, 0) is 42.2 Å². The molecule has 3 nitrogen and oxygen atoms in total. The normalized spacial score (nSPS) is 12.0. The Balaban J connectivity index is 2.40. The number of aliphatic imine (C=N–C) groups is 1. The van der Waals surface area contributed by atoms with E-state index in [1.165, 1.54) is 0 Å². The van der Waals surface area contributed by atoms with E-state index in [0.717, 1.165) is 22.5 Å². The number of hydrogen-bond donors (Lipinski definition) is 1. The lowest BCUT2D eigenvalue weighted by Gasteiger charge is -2.21. The van der Waals surface area contributed by atoms with Crippen LogP contribution in [0.25, 0.3) is 0 Å².